The Balaban J connectivity index is 2.42. The molecule has 1 N–H and O–H groups in total. The number of rotatable bonds is 5. The van der Waals surface area contributed by atoms with Gasteiger partial charge in [0.15, 0.2) is 0 Å². The normalized spacial score (nSPS) is 12.5. The number of benzene rings is 1. The Morgan fingerprint density at radius 1 is 1.29 bits per heavy atom. The quantitative estimate of drug-likeness (QED) is 0.801. The lowest BCUT2D eigenvalue weighted by Gasteiger charge is -2.13. The second-order valence-corrected chi connectivity index (χ2v) is 5.42. The van der Waals surface area contributed by atoms with Gasteiger partial charge in [0.05, 0.1) is 5.38 Å². The Kier molecular flexibility index (Phi) is 5.49. The molecule has 0 saturated carbocycles. The zero-order valence-electron chi connectivity index (χ0n) is 10.7. The maximum absolute atomic E-state index is 11.8. The first kappa shape index (κ1) is 14.0. The fraction of sp³-hybridized carbons (Fsp3) is 0.500. The van der Waals surface area contributed by atoms with Crippen molar-refractivity contribution in [3.63, 3.8) is 0 Å². The Morgan fingerprint density at radius 2 is 1.88 bits per heavy atom. The summed E-state index contributed by atoms with van der Waals surface area (Å²) in [4.78, 5) is 11.8. The van der Waals surface area contributed by atoms with Gasteiger partial charge in [-0.05, 0) is 31.4 Å². The number of hydrogen-bond acceptors (Lipinski definition) is 1. The summed E-state index contributed by atoms with van der Waals surface area (Å²) in [7, 11) is 0. The molecule has 3 heteroatoms. The molecule has 0 aliphatic carbocycles. The average molecular weight is 254 g/mol. The summed E-state index contributed by atoms with van der Waals surface area (Å²) in [5.41, 5.74) is 1.83. The molecule has 0 spiro atoms. The minimum Gasteiger partial charge on any atom is -0.351 e. The molecule has 0 aromatic heterocycles. The van der Waals surface area contributed by atoms with E-state index in [1.165, 1.54) is 0 Å². The van der Waals surface area contributed by atoms with Crippen LogP contribution in [0.2, 0.25) is 0 Å². The SMILES string of the molecule is Cc1ccc(C(=O)NCC(Cl)CC(C)C)cc1. The Morgan fingerprint density at radius 3 is 2.41 bits per heavy atom. The Bertz CT molecular complexity index is 359. The van der Waals surface area contributed by atoms with Crippen molar-refractivity contribution >= 4 is 17.5 Å². The minimum atomic E-state index is -0.0561. The van der Waals surface area contributed by atoms with E-state index in [4.69, 9.17) is 11.6 Å². The van der Waals surface area contributed by atoms with Gasteiger partial charge in [-0.1, -0.05) is 31.5 Å². The highest BCUT2D eigenvalue weighted by Gasteiger charge is 2.10. The van der Waals surface area contributed by atoms with E-state index in [2.05, 4.69) is 19.2 Å². The van der Waals surface area contributed by atoms with Gasteiger partial charge in [0.1, 0.15) is 0 Å². The van der Waals surface area contributed by atoms with E-state index in [9.17, 15) is 4.79 Å². The molecule has 2 nitrogen and oxygen atoms in total. The van der Waals surface area contributed by atoms with Crippen molar-refractivity contribution in [1.29, 1.82) is 0 Å². The van der Waals surface area contributed by atoms with Crippen LogP contribution in [-0.4, -0.2) is 17.8 Å². The van der Waals surface area contributed by atoms with Crippen LogP contribution in [0.15, 0.2) is 24.3 Å². The van der Waals surface area contributed by atoms with E-state index in [0.717, 1.165) is 12.0 Å². The second-order valence-electron chi connectivity index (χ2n) is 4.80. The molecule has 0 saturated heterocycles. The summed E-state index contributed by atoms with van der Waals surface area (Å²) in [5.74, 6) is 0.494. The first-order valence-corrected chi connectivity index (χ1v) is 6.41. The summed E-state index contributed by atoms with van der Waals surface area (Å²) in [6.07, 6.45) is 0.912. The maximum atomic E-state index is 11.8. The van der Waals surface area contributed by atoms with Gasteiger partial charge in [-0.25, -0.2) is 0 Å². The zero-order valence-corrected chi connectivity index (χ0v) is 11.4. The third-order valence-corrected chi connectivity index (χ3v) is 2.86. The molecule has 1 aromatic carbocycles. The van der Waals surface area contributed by atoms with Crippen LogP contribution in [0.25, 0.3) is 0 Å². The number of amides is 1. The van der Waals surface area contributed by atoms with Crippen LogP contribution in [0.5, 0.6) is 0 Å². The highest BCUT2D eigenvalue weighted by molar-refractivity contribution is 6.20. The summed E-state index contributed by atoms with van der Waals surface area (Å²) < 4.78 is 0. The van der Waals surface area contributed by atoms with Gasteiger partial charge in [0, 0.05) is 12.1 Å². The number of nitrogens with one attached hydrogen (secondary N) is 1. The van der Waals surface area contributed by atoms with Crippen LogP contribution < -0.4 is 5.32 Å². The first-order chi connectivity index (χ1) is 7.99. The van der Waals surface area contributed by atoms with E-state index in [1.807, 2.05) is 31.2 Å². The molecule has 1 atom stereocenters. The van der Waals surface area contributed by atoms with Crippen molar-refractivity contribution < 1.29 is 4.79 Å². The van der Waals surface area contributed by atoms with Crippen molar-refractivity contribution in [2.24, 2.45) is 5.92 Å². The van der Waals surface area contributed by atoms with Crippen LogP contribution in [0.4, 0.5) is 0 Å². The number of halogens is 1. The molecule has 17 heavy (non-hydrogen) atoms. The molecule has 1 aromatic rings. The zero-order chi connectivity index (χ0) is 12.8. The molecule has 0 radical (unpaired) electrons. The van der Waals surface area contributed by atoms with Crippen LogP contribution >= 0.6 is 11.6 Å². The predicted octanol–water partition coefficient (Wildman–Crippen LogP) is 3.38. The van der Waals surface area contributed by atoms with Crippen molar-refractivity contribution in [2.75, 3.05) is 6.54 Å². The number of alkyl halides is 1. The minimum absolute atomic E-state index is 0.00407. The fourth-order valence-corrected chi connectivity index (χ4v) is 2.04. The Labute approximate surface area is 108 Å². The summed E-state index contributed by atoms with van der Waals surface area (Å²) >= 11 is 6.12. The molecule has 1 amide bonds. The van der Waals surface area contributed by atoms with E-state index >= 15 is 0 Å². The van der Waals surface area contributed by atoms with Crippen molar-refractivity contribution in [3.05, 3.63) is 35.4 Å². The molecular formula is C14H20ClNO. The molecule has 0 heterocycles. The van der Waals surface area contributed by atoms with Gasteiger partial charge >= 0.3 is 0 Å². The fourth-order valence-electron chi connectivity index (χ4n) is 1.61. The topological polar surface area (TPSA) is 29.1 Å². The largest absolute Gasteiger partial charge is 0.351 e. The number of aryl methyl sites for hydroxylation is 1. The van der Waals surface area contributed by atoms with Crippen molar-refractivity contribution in [2.45, 2.75) is 32.6 Å². The van der Waals surface area contributed by atoms with Gasteiger partial charge < -0.3 is 5.32 Å². The molecule has 1 rings (SSSR count). The number of carbonyl (C=O) groups is 1. The lowest BCUT2D eigenvalue weighted by molar-refractivity contribution is 0.0953. The molecule has 0 bridgehead atoms. The molecule has 94 valence electrons. The second kappa shape index (κ2) is 6.65. The third-order valence-electron chi connectivity index (χ3n) is 2.53. The molecular weight excluding hydrogens is 234 g/mol. The first-order valence-electron chi connectivity index (χ1n) is 5.98. The van der Waals surface area contributed by atoms with Crippen molar-refractivity contribution in [1.82, 2.24) is 5.32 Å². The lowest BCUT2D eigenvalue weighted by atomic mass is 10.1. The lowest BCUT2D eigenvalue weighted by Crippen LogP contribution is -2.30. The highest BCUT2D eigenvalue weighted by Crippen LogP contribution is 2.10. The third kappa shape index (κ3) is 5.22. The number of carbonyl (C=O) groups excluding carboxylic acids is 1. The maximum Gasteiger partial charge on any atom is 0.251 e. The van der Waals surface area contributed by atoms with Crippen LogP contribution in [0.3, 0.4) is 0 Å². The van der Waals surface area contributed by atoms with Crippen LogP contribution in [-0.2, 0) is 0 Å². The smallest absolute Gasteiger partial charge is 0.251 e. The molecule has 0 fully saturated rings. The van der Waals surface area contributed by atoms with E-state index < -0.39 is 0 Å². The van der Waals surface area contributed by atoms with E-state index in [1.54, 1.807) is 0 Å². The average Bonchev–Trinajstić information content (AvgIpc) is 2.26. The monoisotopic (exact) mass is 253 g/mol. The molecule has 0 aliphatic heterocycles. The molecule has 1 unspecified atom stereocenters. The standard InChI is InChI=1S/C14H20ClNO/c1-10(2)8-13(15)9-16-14(17)12-6-4-11(3)5-7-12/h4-7,10,13H,8-9H2,1-3H3,(H,16,17). The summed E-state index contributed by atoms with van der Waals surface area (Å²) in [6.45, 7) is 6.76. The van der Waals surface area contributed by atoms with Gasteiger partial charge in [0.25, 0.3) is 5.91 Å². The summed E-state index contributed by atoms with van der Waals surface area (Å²) in [5, 5.41) is 2.86. The van der Waals surface area contributed by atoms with Crippen LogP contribution in [0, 0.1) is 12.8 Å². The van der Waals surface area contributed by atoms with Gasteiger partial charge in [-0.15, -0.1) is 11.6 Å². The van der Waals surface area contributed by atoms with Gasteiger partial charge in [0.2, 0.25) is 0 Å². The van der Waals surface area contributed by atoms with Crippen molar-refractivity contribution in [3.8, 4) is 0 Å². The van der Waals surface area contributed by atoms with E-state index in [0.29, 0.717) is 18.0 Å². The summed E-state index contributed by atoms with van der Waals surface area (Å²) in [6, 6.07) is 7.52. The van der Waals surface area contributed by atoms with Gasteiger partial charge in [-0.2, -0.15) is 0 Å². The Hall–Kier alpha value is -1.02. The predicted molar refractivity (Wildman–Crippen MR) is 72.6 cm³/mol. The van der Waals surface area contributed by atoms with E-state index in [-0.39, 0.29) is 11.3 Å². The number of hydrogen-bond donors (Lipinski definition) is 1. The highest BCUT2D eigenvalue weighted by atomic mass is 35.5. The molecule has 0 aliphatic rings. The van der Waals surface area contributed by atoms with Crippen LogP contribution in [0.1, 0.15) is 36.2 Å². The van der Waals surface area contributed by atoms with Gasteiger partial charge in [-0.3, -0.25) is 4.79 Å².